The van der Waals surface area contributed by atoms with E-state index < -0.39 is 0 Å². The Labute approximate surface area is 117 Å². The van der Waals surface area contributed by atoms with Crippen LogP contribution < -0.4 is 5.32 Å². The van der Waals surface area contributed by atoms with Gasteiger partial charge in [0.15, 0.2) is 0 Å². The Morgan fingerprint density at radius 2 is 2.17 bits per heavy atom. The van der Waals surface area contributed by atoms with Gasteiger partial charge in [0, 0.05) is 23.3 Å². The third kappa shape index (κ3) is 4.67. The molecule has 0 amide bonds. The minimum Gasteiger partial charge on any atom is -0.396 e. The molecule has 0 saturated carbocycles. The second kappa shape index (κ2) is 6.77. The predicted octanol–water partition coefficient (Wildman–Crippen LogP) is 3.53. The Morgan fingerprint density at radius 3 is 2.72 bits per heavy atom. The Hall–Kier alpha value is -1.05. The highest BCUT2D eigenvalue weighted by Crippen LogP contribution is 2.25. The molecule has 0 saturated heterocycles. The maximum absolute atomic E-state index is 8.85. The number of hydrogen-bond donors (Lipinski definition) is 2. The summed E-state index contributed by atoms with van der Waals surface area (Å²) in [7, 11) is 0. The van der Waals surface area contributed by atoms with Gasteiger partial charge < -0.3 is 10.4 Å². The van der Waals surface area contributed by atoms with E-state index in [0.29, 0.717) is 5.56 Å². The predicted molar refractivity (Wildman–Crippen MR) is 77.4 cm³/mol. The van der Waals surface area contributed by atoms with Gasteiger partial charge in [-0.3, -0.25) is 0 Å². The molecule has 4 heteroatoms. The van der Waals surface area contributed by atoms with E-state index in [9.17, 15) is 0 Å². The maximum Gasteiger partial charge on any atom is 0.100 e. The number of anilines is 1. The van der Waals surface area contributed by atoms with Crippen LogP contribution in [0.5, 0.6) is 0 Å². The maximum atomic E-state index is 8.85. The summed E-state index contributed by atoms with van der Waals surface area (Å²) in [4.78, 5) is 0. The van der Waals surface area contributed by atoms with Crippen LogP contribution in [0.1, 0.15) is 32.3 Å². The first-order valence-electron chi connectivity index (χ1n) is 6.03. The summed E-state index contributed by atoms with van der Waals surface area (Å²) < 4.78 is 0.808. The van der Waals surface area contributed by atoms with Crippen molar-refractivity contribution in [2.45, 2.75) is 26.7 Å². The van der Waals surface area contributed by atoms with Crippen LogP contribution in [-0.4, -0.2) is 18.3 Å². The molecule has 0 aliphatic carbocycles. The fourth-order valence-electron chi connectivity index (χ4n) is 1.70. The first-order valence-corrected chi connectivity index (χ1v) is 6.82. The fraction of sp³-hybridized carbons (Fsp3) is 0.500. The SMILES string of the molecule is CC(C)(CCCO)CNc1ccc(C#N)c(Br)c1. The lowest BCUT2D eigenvalue weighted by Crippen LogP contribution is -2.23. The summed E-state index contributed by atoms with van der Waals surface area (Å²) in [6.45, 7) is 5.43. The van der Waals surface area contributed by atoms with Crippen molar-refractivity contribution >= 4 is 21.6 Å². The third-order valence-electron chi connectivity index (χ3n) is 2.87. The van der Waals surface area contributed by atoms with Crippen molar-refractivity contribution < 1.29 is 5.11 Å². The molecule has 0 aliphatic heterocycles. The highest BCUT2D eigenvalue weighted by Gasteiger charge is 2.16. The van der Waals surface area contributed by atoms with Gasteiger partial charge in [0.05, 0.1) is 5.56 Å². The molecule has 0 fully saturated rings. The van der Waals surface area contributed by atoms with Crippen molar-refractivity contribution in [1.82, 2.24) is 0 Å². The molecule has 0 radical (unpaired) electrons. The van der Waals surface area contributed by atoms with Crippen molar-refractivity contribution in [3.63, 3.8) is 0 Å². The van der Waals surface area contributed by atoms with E-state index >= 15 is 0 Å². The van der Waals surface area contributed by atoms with Crippen LogP contribution in [0.15, 0.2) is 22.7 Å². The van der Waals surface area contributed by atoms with Crippen LogP contribution in [0, 0.1) is 16.7 Å². The standard InChI is InChI=1S/C14H19BrN2O/c1-14(2,6-3-7-18)10-17-12-5-4-11(9-16)13(15)8-12/h4-5,8,17-18H,3,6-7,10H2,1-2H3. The molecule has 0 heterocycles. The van der Waals surface area contributed by atoms with Crippen LogP contribution >= 0.6 is 15.9 Å². The van der Waals surface area contributed by atoms with Gasteiger partial charge in [0.1, 0.15) is 6.07 Å². The summed E-state index contributed by atoms with van der Waals surface area (Å²) in [5.74, 6) is 0. The zero-order chi connectivity index (χ0) is 13.6. The first-order chi connectivity index (χ1) is 8.48. The molecule has 0 aromatic heterocycles. The highest BCUT2D eigenvalue weighted by atomic mass is 79.9. The van der Waals surface area contributed by atoms with Crippen molar-refractivity contribution in [3.8, 4) is 6.07 Å². The van der Waals surface area contributed by atoms with E-state index in [0.717, 1.165) is 29.5 Å². The number of aliphatic hydroxyl groups excluding tert-OH is 1. The fourth-order valence-corrected chi connectivity index (χ4v) is 2.17. The topological polar surface area (TPSA) is 56.0 Å². The summed E-state index contributed by atoms with van der Waals surface area (Å²) in [5, 5.41) is 21.1. The zero-order valence-corrected chi connectivity index (χ0v) is 12.4. The van der Waals surface area contributed by atoms with E-state index in [-0.39, 0.29) is 12.0 Å². The zero-order valence-electron chi connectivity index (χ0n) is 10.8. The lowest BCUT2D eigenvalue weighted by Gasteiger charge is -2.25. The van der Waals surface area contributed by atoms with Crippen molar-refractivity contribution in [3.05, 3.63) is 28.2 Å². The van der Waals surface area contributed by atoms with Gasteiger partial charge >= 0.3 is 0 Å². The molecule has 0 unspecified atom stereocenters. The van der Waals surface area contributed by atoms with Crippen molar-refractivity contribution in [2.24, 2.45) is 5.41 Å². The summed E-state index contributed by atoms with van der Waals surface area (Å²) in [5.41, 5.74) is 1.78. The van der Waals surface area contributed by atoms with E-state index in [1.54, 1.807) is 6.07 Å². The van der Waals surface area contributed by atoms with Crippen LogP contribution in [0.4, 0.5) is 5.69 Å². The number of aliphatic hydroxyl groups is 1. The van der Waals surface area contributed by atoms with Crippen LogP contribution in [0.2, 0.25) is 0 Å². The Morgan fingerprint density at radius 1 is 1.44 bits per heavy atom. The van der Waals surface area contributed by atoms with E-state index in [4.69, 9.17) is 10.4 Å². The summed E-state index contributed by atoms with van der Waals surface area (Å²) in [6.07, 6.45) is 1.81. The van der Waals surface area contributed by atoms with Gasteiger partial charge in [-0.2, -0.15) is 5.26 Å². The Balaban J connectivity index is 2.58. The quantitative estimate of drug-likeness (QED) is 0.845. The minimum atomic E-state index is 0.142. The van der Waals surface area contributed by atoms with E-state index in [1.165, 1.54) is 0 Å². The molecular formula is C14H19BrN2O. The molecule has 0 aliphatic rings. The average Bonchev–Trinajstić information content (AvgIpc) is 2.34. The molecule has 0 atom stereocenters. The van der Waals surface area contributed by atoms with Gasteiger partial charge in [0.25, 0.3) is 0 Å². The number of nitriles is 1. The van der Waals surface area contributed by atoms with Gasteiger partial charge in [0.2, 0.25) is 0 Å². The van der Waals surface area contributed by atoms with Crippen molar-refractivity contribution in [2.75, 3.05) is 18.5 Å². The second-order valence-corrected chi connectivity index (χ2v) is 6.01. The lowest BCUT2D eigenvalue weighted by atomic mass is 9.88. The molecule has 18 heavy (non-hydrogen) atoms. The van der Waals surface area contributed by atoms with Crippen LogP contribution in [-0.2, 0) is 0 Å². The van der Waals surface area contributed by atoms with E-state index in [2.05, 4.69) is 41.2 Å². The number of hydrogen-bond acceptors (Lipinski definition) is 3. The van der Waals surface area contributed by atoms with Crippen LogP contribution in [0.3, 0.4) is 0 Å². The largest absolute Gasteiger partial charge is 0.396 e. The Kier molecular flexibility index (Phi) is 5.64. The molecule has 3 nitrogen and oxygen atoms in total. The average molecular weight is 311 g/mol. The molecular weight excluding hydrogens is 292 g/mol. The van der Waals surface area contributed by atoms with Crippen LogP contribution in [0.25, 0.3) is 0 Å². The monoisotopic (exact) mass is 310 g/mol. The number of nitrogens with one attached hydrogen (secondary N) is 1. The molecule has 0 bridgehead atoms. The molecule has 1 aromatic rings. The van der Waals surface area contributed by atoms with Gasteiger partial charge in [-0.05, 0) is 52.4 Å². The smallest absolute Gasteiger partial charge is 0.100 e. The van der Waals surface area contributed by atoms with Gasteiger partial charge in [-0.1, -0.05) is 13.8 Å². The number of nitrogens with zero attached hydrogens (tertiary/aromatic N) is 1. The lowest BCUT2D eigenvalue weighted by molar-refractivity contribution is 0.248. The van der Waals surface area contributed by atoms with Gasteiger partial charge in [-0.25, -0.2) is 0 Å². The van der Waals surface area contributed by atoms with E-state index in [1.807, 2.05) is 12.1 Å². The molecule has 2 N–H and O–H groups in total. The number of benzene rings is 1. The molecule has 0 spiro atoms. The summed E-state index contributed by atoms with van der Waals surface area (Å²) in [6, 6.07) is 7.74. The first kappa shape index (κ1) is 15.0. The number of rotatable bonds is 6. The molecule has 98 valence electrons. The summed E-state index contributed by atoms with van der Waals surface area (Å²) >= 11 is 3.37. The normalized spacial score (nSPS) is 11.1. The second-order valence-electron chi connectivity index (χ2n) is 5.15. The number of halogens is 1. The van der Waals surface area contributed by atoms with Crippen molar-refractivity contribution in [1.29, 1.82) is 5.26 Å². The Bertz CT molecular complexity index is 438. The highest BCUT2D eigenvalue weighted by molar-refractivity contribution is 9.10. The molecule has 1 aromatic carbocycles. The van der Waals surface area contributed by atoms with Gasteiger partial charge in [-0.15, -0.1) is 0 Å². The molecule has 1 rings (SSSR count). The minimum absolute atomic E-state index is 0.142. The third-order valence-corrected chi connectivity index (χ3v) is 3.53.